The molecular formula is C26H32IN3O3S. The van der Waals surface area contributed by atoms with Crippen LogP contribution in [0.2, 0.25) is 0 Å². The van der Waals surface area contributed by atoms with Crippen LogP contribution in [0.5, 0.6) is 5.75 Å². The number of rotatable bonds is 5. The van der Waals surface area contributed by atoms with Gasteiger partial charge in [-0.1, -0.05) is 12.1 Å². The summed E-state index contributed by atoms with van der Waals surface area (Å²) in [6.45, 7) is 4.37. The van der Waals surface area contributed by atoms with E-state index < -0.39 is 0 Å². The van der Waals surface area contributed by atoms with Crippen LogP contribution < -0.4 is 5.32 Å². The second-order valence-corrected chi connectivity index (χ2v) is 12.7. The number of nitrogens with zero attached hydrogens (tertiary/aromatic N) is 2. The van der Waals surface area contributed by atoms with Gasteiger partial charge in [0.1, 0.15) is 12.9 Å². The van der Waals surface area contributed by atoms with Gasteiger partial charge in [-0.15, -0.1) is 11.3 Å². The minimum atomic E-state index is 0.0202. The van der Waals surface area contributed by atoms with Crippen LogP contribution in [0, 0.1) is 33.7 Å². The molecule has 2 saturated carbocycles. The maximum absolute atomic E-state index is 12.7. The fourth-order valence-electron chi connectivity index (χ4n) is 7.09. The number of benzene rings is 1. The Balaban J connectivity index is 1.39. The average molecular weight is 594 g/mol. The summed E-state index contributed by atoms with van der Waals surface area (Å²) in [6, 6.07) is 4.19. The van der Waals surface area contributed by atoms with E-state index in [1.54, 1.807) is 13.3 Å². The van der Waals surface area contributed by atoms with E-state index in [9.17, 15) is 9.90 Å². The highest BCUT2D eigenvalue weighted by Gasteiger charge is 2.57. The number of phenolic OH excluding ortho intramolecular Hbond substituents is 1. The molecule has 34 heavy (non-hydrogen) atoms. The van der Waals surface area contributed by atoms with Gasteiger partial charge in [-0.3, -0.25) is 4.79 Å². The third-order valence-electron chi connectivity index (χ3n) is 8.48. The van der Waals surface area contributed by atoms with Crippen LogP contribution in [-0.2, 0) is 16.1 Å². The van der Waals surface area contributed by atoms with Crippen LogP contribution in [0.25, 0.3) is 0 Å². The Labute approximate surface area is 218 Å². The van der Waals surface area contributed by atoms with Crippen molar-refractivity contribution in [1.29, 1.82) is 0 Å². The molecule has 1 amide bonds. The smallest absolute Gasteiger partial charge is 0.226 e. The molecule has 3 unspecified atom stereocenters. The number of phenols is 1. The molecule has 3 aliphatic rings. The number of aromatic hydroxyl groups is 1. The summed E-state index contributed by atoms with van der Waals surface area (Å²) in [5, 5.41) is 18.4. The lowest BCUT2D eigenvalue weighted by Gasteiger charge is -2.50. The van der Waals surface area contributed by atoms with Crippen LogP contribution in [0.1, 0.15) is 67.4 Å². The van der Waals surface area contributed by atoms with Crippen molar-refractivity contribution in [2.75, 3.05) is 12.4 Å². The summed E-state index contributed by atoms with van der Waals surface area (Å²) in [5.74, 6) is 2.40. The highest BCUT2D eigenvalue weighted by Crippen LogP contribution is 2.62. The quantitative estimate of drug-likeness (QED) is 0.317. The predicted molar refractivity (Wildman–Crippen MR) is 143 cm³/mol. The van der Waals surface area contributed by atoms with Gasteiger partial charge in [0, 0.05) is 22.9 Å². The third kappa shape index (κ3) is 4.25. The lowest BCUT2D eigenvalue weighted by Crippen LogP contribution is -2.44. The maximum atomic E-state index is 12.7. The van der Waals surface area contributed by atoms with E-state index in [0.29, 0.717) is 41.0 Å². The average Bonchev–Trinajstić information content (AvgIpc) is 3.33. The second kappa shape index (κ2) is 9.41. The summed E-state index contributed by atoms with van der Waals surface area (Å²) >= 11 is 3.75. The van der Waals surface area contributed by atoms with E-state index in [1.165, 1.54) is 28.2 Å². The van der Waals surface area contributed by atoms with Gasteiger partial charge in [0.2, 0.25) is 5.91 Å². The summed E-state index contributed by atoms with van der Waals surface area (Å²) < 4.78 is 0.934. The number of anilines is 1. The molecule has 0 saturated heterocycles. The normalized spacial score (nSPS) is 31.0. The molecule has 1 heterocycles. The van der Waals surface area contributed by atoms with E-state index in [-0.39, 0.29) is 11.3 Å². The van der Waals surface area contributed by atoms with Crippen molar-refractivity contribution < 1.29 is 14.7 Å². The van der Waals surface area contributed by atoms with Crippen molar-refractivity contribution in [1.82, 2.24) is 4.98 Å². The molecule has 2 N–H and O–H groups in total. The molecule has 5 rings (SSSR count). The summed E-state index contributed by atoms with van der Waals surface area (Å²) in [7, 11) is 1.64. The van der Waals surface area contributed by atoms with Gasteiger partial charge < -0.3 is 15.3 Å². The van der Waals surface area contributed by atoms with Crippen molar-refractivity contribution in [3.8, 4) is 5.75 Å². The van der Waals surface area contributed by atoms with E-state index in [0.717, 1.165) is 47.0 Å². The Bertz CT molecular complexity index is 1130. The lowest BCUT2D eigenvalue weighted by molar-refractivity contribution is -0.116. The van der Waals surface area contributed by atoms with Gasteiger partial charge in [0.15, 0.2) is 5.13 Å². The molecule has 0 bridgehead atoms. The lowest BCUT2D eigenvalue weighted by atomic mass is 9.54. The summed E-state index contributed by atoms with van der Waals surface area (Å²) in [5.41, 5.74) is 3.92. The maximum Gasteiger partial charge on any atom is 0.226 e. The van der Waals surface area contributed by atoms with Gasteiger partial charge >= 0.3 is 0 Å². The Hall–Kier alpha value is -1.68. The zero-order valence-corrected chi connectivity index (χ0v) is 22.9. The first-order valence-electron chi connectivity index (χ1n) is 12.1. The van der Waals surface area contributed by atoms with Crippen LogP contribution in [0.4, 0.5) is 5.13 Å². The minimum Gasteiger partial charge on any atom is -0.507 e. The van der Waals surface area contributed by atoms with Crippen LogP contribution in [0.15, 0.2) is 23.5 Å². The molecular weight excluding hydrogens is 561 g/mol. The number of carbonyl (C=O) groups is 1. The molecule has 0 aliphatic heterocycles. The van der Waals surface area contributed by atoms with Crippen molar-refractivity contribution in [2.45, 2.75) is 64.7 Å². The summed E-state index contributed by atoms with van der Waals surface area (Å²) in [6.07, 6.45) is 8.38. The van der Waals surface area contributed by atoms with Gasteiger partial charge in [0.25, 0.3) is 0 Å². The molecule has 2 fully saturated rings. The van der Waals surface area contributed by atoms with E-state index in [1.807, 2.05) is 13.0 Å². The Morgan fingerprint density at radius 1 is 1.41 bits per heavy atom. The standard InChI is InChI=1S/C26H32IN3O3S/c1-14-13-28-25(34-14)29-23(32)7-5-16-11-22(30-33-3)26(2)9-8-17-18(24(16)26)6-4-15-10-21(31)20(27)12-19(15)17/h10,12-13,16-18,24,31H,4-9,11H2,1-3H3,(H,28,29,32)/t16-,17?,18?,24?,26-/m1/s1. The monoisotopic (exact) mass is 593 g/mol. The van der Waals surface area contributed by atoms with Crippen molar-refractivity contribution in [3.05, 3.63) is 37.9 Å². The molecule has 182 valence electrons. The zero-order chi connectivity index (χ0) is 24.0. The first kappa shape index (κ1) is 24.0. The SMILES string of the molecule is CON=C1C[C@@H](CCC(=O)Nc2ncc(C)s2)C2C3CCc4cc(O)c(I)cc4C3CC[C@]12C. The fraction of sp³-hybridized carbons (Fsp3) is 0.577. The molecule has 2 aromatic rings. The highest BCUT2D eigenvalue weighted by molar-refractivity contribution is 14.1. The Morgan fingerprint density at radius 3 is 2.97 bits per heavy atom. The van der Waals surface area contributed by atoms with Crippen LogP contribution in [0.3, 0.4) is 0 Å². The van der Waals surface area contributed by atoms with Crippen LogP contribution in [-0.4, -0.2) is 28.8 Å². The molecule has 8 heteroatoms. The number of hydrogen-bond donors (Lipinski definition) is 2. The highest BCUT2D eigenvalue weighted by atomic mass is 127. The van der Waals surface area contributed by atoms with Gasteiger partial charge in [-0.25, -0.2) is 4.98 Å². The first-order chi connectivity index (χ1) is 16.3. The number of amides is 1. The van der Waals surface area contributed by atoms with Gasteiger partial charge in [-0.05, 0) is 115 Å². The fourth-order valence-corrected chi connectivity index (χ4v) is 8.26. The Morgan fingerprint density at radius 2 is 2.24 bits per heavy atom. The summed E-state index contributed by atoms with van der Waals surface area (Å²) in [4.78, 5) is 23.4. The number of halogens is 1. The van der Waals surface area contributed by atoms with Crippen molar-refractivity contribution in [3.63, 3.8) is 0 Å². The number of nitrogens with one attached hydrogen (secondary N) is 1. The minimum absolute atomic E-state index is 0.0202. The molecule has 0 radical (unpaired) electrons. The predicted octanol–water partition coefficient (Wildman–Crippen LogP) is 6.27. The Kier molecular flexibility index (Phi) is 6.65. The van der Waals surface area contributed by atoms with Crippen LogP contribution >= 0.6 is 33.9 Å². The number of aromatic nitrogens is 1. The van der Waals surface area contributed by atoms with E-state index >= 15 is 0 Å². The van der Waals surface area contributed by atoms with Gasteiger partial charge in [-0.2, -0.15) is 0 Å². The molecule has 1 aromatic heterocycles. The number of oxime groups is 1. The molecule has 6 nitrogen and oxygen atoms in total. The number of thiazole rings is 1. The number of fused-ring (bicyclic) bond motifs is 5. The third-order valence-corrected chi connectivity index (χ3v) is 10.2. The van der Waals surface area contributed by atoms with E-state index in [2.05, 4.69) is 51.0 Å². The largest absolute Gasteiger partial charge is 0.507 e. The second-order valence-electron chi connectivity index (χ2n) is 10.3. The molecule has 1 aromatic carbocycles. The molecule has 3 aliphatic carbocycles. The number of aryl methyl sites for hydroxylation is 2. The zero-order valence-electron chi connectivity index (χ0n) is 19.9. The molecule has 5 atom stereocenters. The van der Waals surface area contributed by atoms with E-state index in [4.69, 9.17) is 4.84 Å². The van der Waals surface area contributed by atoms with Gasteiger partial charge in [0.05, 0.1) is 9.28 Å². The first-order valence-corrected chi connectivity index (χ1v) is 14.0. The number of hydrogen-bond acceptors (Lipinski definition) is 6. The topological polar surface area (TPSA) is 83.8 Å². The number of carbonyl (C=O) groups excluding carboxylic acids is 1. The molecule has 0 spiro atoms. The van der Waals surface area contributed by atoms with Crippen molar-refractivity contribution in [2.24, 2.45) is 28.3 Å². The van der Waals surface area contributed by atoms with Crippen molar-refractivity contribution >= 4 is 50.7 Å².